The van der Waals surface area contributed by atoms with E-state index in [1.54, 1.807) is 0 Å². The van der Waals surface area contributed by atoms with E-state index >= 15 is 0 Å². The van der Waals surface area contributed by atoms with Crippen LogP contribution in [0.1, 0.15) is 31.0 Å². The molecule has 110 valence electrons. The number of hydrogen-bond donors (Lipinski definition) is 1. The fourth-order valence-electron chi connectivity index (χ4n) is 1.28. The minimum absolute atomic E-state index is 0.0203. The van der Waals surface area contributed by atoms with Gasteiger partial charge in [-0.25, -0.2) is 8.78 Å². The summed E-state index contributed by atoms with van der Waals surface area (Å²) < 4.78 is 58.1. The Morgan fingerprint density at radius 2 is 2.11 bits per heavy atom. The average molecular weight is 285 g/mol. The Hall–Kier alpha value is -1.22. The van der Waals surface area contributed by atoms with E-state index in [0.717, 1.165) is 0 Å². The van der Waals surface area contributed by atoms with Crippen LogP contribution in [0.2, 0.25) is 0 Å². The molecule has 0 aliphatic carbocycles. The van der Waals surface area contributed by atoms with Crippen LogP contribution in [0.3, 0.4) is 0 Å². The number of aromatic nitrogens is 2. The number of alkyl halides is 4. The zero-order chi connectivity index (χ0) is 14.5. The summed E-state index contributed by atoms with van der Waals surface area (Å²) in [7, 11) is 0. The van der Waals surface area contributed by atoms with Crippen LogP contribution in [0.25, 0.3) is 0 Å². The van der Waals surface area contributed by atoms with Crippen LogP contribution in [0.15, 0.2) is 4.52 Å². The summed E-state index contributed by atoms with van der Waals surface area (Å²) in [5.41, 5.74) is 5.47. The minimum atomic E-state index is -4.18. The van der Waals surface area contributed by atoms with E-state index in [9.17, 15) is 17.6 Å². The zero-order valence-electron chi connectivity index (χ0n) is 10.3. The number of halogens is 4. The molecular weight excluding hydrogens is 270 g/mol. The van der Waals surface area contributed by atoms with E-state index in [1.807, 2.05) is 6.92 Å². The highest BCUT2D eigenvalue weighted by molar-refractivity contribution is 4.93. The molecule has 0 spiro atoms. The maximum atomic E-state index is 12.5. The third-order valence-corrected chi connectivity index (χ3v) is 2.46. The van der Waals surface area contributed by atoms with Crippen LogP contribution in [0, 0.1) is 0 Å². The summed E-state index contributed by atoms with van der Waals surface area (Å²) in [5.74, 6) is -4.00. The molecule has 0 radical (unpaired) electrons. The van der Waals surface area contributed by atoms with Gasteiger partial charge in [0.25, 0.3) is 0 Å². The summed E-state index contributed by atoms with van der Waals surface area (Å²) in [6.07, 6.45) is -3.09. The lowest BCUT2D eigenvalue weighted by molar-refractivity contribution is -0.168. The first kappa shape index (κ1) is 15.8. The van der Waals surface area contributed by atoms with Crippen molar-refractivity contribution in [2.45, 2.75) is 38.2 Å². The molecule has 1 aromatic rings. The van der Waals surface area contributed by atoms with Gasteiger partial charge in [-0.2, -0.15) is 13.8 Å². The molecule has 0 aromatic carbocycles. The molecule has 9 heteroatoms. The van der Waals surface area contributed by atoms with Crippen molar-refractivity contribution in [2.24, 2.45) is 5.73 Å². The van der Waals surface area contributed by atoms with Crippen molar-refractivity contribution in [1.29, 1.82) is 0 Å². The highest BCUT2D eigenvalue weighted by atomic mass is 19.3. The van der Waals surface area contributed by atoms with Crippen molar-refractivity contribution < 1.29 is 26.8 Å². The molecular formula is C10H15F4N3O2. The molecule has 0 aliphatic rings. The lowest BCUT2D eigenvalue weighted by Gasteiger charge is -2.14. The summed E-state index contributed by atoms with van der Waals surface area (Å²) in [6.45, 7) is 0.360. The fraction of sp³-hybridized carbons (Fsp3) is 0.800. The number of nitrogens with two attached hydrogens (primary N) is 1. The number of hydrogen-bond acceptors (Lipinski definition) is 5. The summed E-state index contributed by atoms with van der Waals surface area (Å²) >= 11 is 0. The second kappa shape index (κ2) is 6.80. The van der Waals surface area contributed by atoms with Crippen molar-refractivity contribution in [3.05, 3.63) is 11.7 Å². The predicted molar refractivity (Wildman–Crippen MR) is 57.0 cm³/mol. The monoisotopic (exact) mass is 285 g/mol. The van der Waals surface area contributed by atoms with Crippen LogP contribution in [-0.2, 0) is 11.3 Å². The van der Waals surface area contributed by atoms with Crippen molar-refractivity contribution in [3.8, 4) is 0 Å². The molecule has 0 fully saturated rings. The van der Waals surface area contributed by atoms with Gasteiger partial charge in [0.1, 0.15) is 13.2 Å². The van der Waals surface area contributed by atoms with E-state index in [2.05, 4.69) is 14.9 Å². The average Bonchev–Trinajstić information content (AvgIpc) is 2.79. The third kappa shape index (κ3) is 4.43. The third-order valence-electron chi connectivity index (χ3n) is 2.46. The molecule has 0 saturated carbocycles. The van der Waals surface area contributed by atoms with Gasteiger partial charge in [0.05, 0.1) is 5.92 Å². The Morgan fingerprint density at radius 3 is 2.63 bits per heavy atom. The maximum absolute atomic E-state index is 12.5. The highest BCUT2D eigenvalue weighted by Crippen LogP contribution is 2.23. The highest BCUT2D eigenvalue weighted by Gasteiger charge is 2.41. The SMILES string of the molecule is CCC(CN)c1nc(COCC(F)(F)C(F)F)no1. The first-order chi connectivity index (χ1) is 8.90. The number of ether oxygens (including phenoxy) is 1. The smallest absolute Gasteiger partial charge is 0.330 e. The van der Waals surface area contributed by atoms with Crippen LogP contribution in [0.4, 0.5) is 17.6 Å². The molecule has 1 heterocycles. The van der Waals surface area contributed by atoms with Gasteiger partial charge in [-0.3, -0.25) is 0 Å². The van der Waals surface area contributed by atoms with Crippen LogP contribution in [-0.4, -0.2) is 35.6 Å². The summed E-state index contributed by atoms with van der Waals surface area (Å²) in [4.78, 5) is 3.90. The zero-order valence-corrected chi connectivity index (χ0v) is 10.3. The topological polar surface area (TPSA) is 74.2 Å². The van der Waals surface area contributed by atoms with Crippen molar-refractivity contribution >= 4 is 0 Å². The molecule has 1 atom stereocenters. The van der Waals surface area contributed by atoms with E-state index in [4.69, 9.17) is 10.3 Å². The first-order valence-corrected chi connectivity index (χ1v) is 5.67. The van der Waals surface area contributed by atoms with Gasteiger partial charge in [0.15, 0.2) is 5.82 Å². The van der Waals surface area contributed by atoms with Crippen molar-refractivity contribution in [1.82, 2.24) is 10.1 Å². The van der Waals surface area contributed by atoms with Crippen LogP contribution < -0.4 is 5.73 Å². The Kier molecular flexibility index (Phi) is 5.67. The minimum Gasteiger partial charge on any atom is -0.367 e. The first-order valence-electron chi connectivity index (χ1n) is 5.67. The molecule has 2 N–H and O–H groups in total. The molecule has 0 bridgehead atoms. The van der Waals surface area contributed by atoms with Crippen molar-refractivity contribution in [2.75, 3.05) is 13.2 Å². The van der Waals surface area contributed by atoms with Gasteiger partial charge in [0.2, 0.25) is 5.89 Å². The molecule has 0 saturated heterocycles. The lowest BCUT2D eigenvalue weighted by atomic mass is 10.1. The second-order valence-electron chi connectivity index (χ2n) is 3.94. The van der Waals surface area contributed by atoms with Gasteiger partial charge < -0.3 is 15.0 Å². The second-order valence-corrected chi connectivity index (χ2v) is 3.94. The number of nitrogens with zero attached hydrogens (tertiary/aromatic N) is 2. The Morgan fingerprint density at radius 1 is 1.42 bits per heavy atom. The van der Waals surface area contributed by atoms with Gasteiger partial charge in [0, 0.05) is 6.54 Å². The largest absolute Gasteiger partial charge is 0.367 e. The quantitative estimate of drug-likeness (QED) is 0.739. The molecule has 19 heavy (non-hydrogen) atoms. The van der Waals surface area contributed by atoms with Gasteiger partial charge in [-0.15, -0.1) is 0 Å². The Balaban J connectivity index is 2.47. The maximum Gasteiger partial charge on any atom is 0.330 e. The van der Waals surface area contributed by atoms with E-state index in [0.29, 0.717) is 13.0 Å². The molecule has 1 unspecified atom stereocenters. The van der Waals surface area contributed by atoms with Gasteiger partial charge in [-0.05, 0) is 6.42 Å². The van der Waals surface area contributed by atoms with E-state index in [-0.39, 0.29) is 17.6 Å². The summed E-state index contributed by atoms with van der Waals surface area (Å²) in [6, 6.07) is 0. The molecule has 5 nitrogen and oxygen atoms in total. The molecule has 0 amide bonds. The molecule has 1 rings (SSSR count). The normalized spacial score (nSPS) is 14.1. The van der Waals surface area contributed by atoms with Gasteiger partial charge in [-0.1, -0.05) is 12.1 Å². The van der Waals surface area contributed by atoms with E-state index < -0.39 is 25.6 Å². The van der Waals surface area contributed by atoms with Crippen LogP contribution in [0.5, 0.6) is 0 Å². The Bertz CT molecular complexity index is 383. The van der Waals surface area contributed by atoms with Crippen molar-refractivity contribution in [3.63, 3.8) is 0 Å². The van der Waals surface area contributed by atoms with Crippen LogP contribution >= 0.6 is 0 Å². The Labute approximate surface area is 107 Å². The summed E-state index contributed by atoms with van der Waals surface area (Å²) in [5, 5.41) is 3.50. The van der Waals surface area contributed by atoms with Gasteiger partial charge >= 0.3 is 12.3 Å². The predicted octanol–water partition coefficient (Wildman–Crippen LogP) is 1.94. The standard InChI is InChI=1S/C10H15F4N3O2/c1-2-6(3-15)8-16-7(17-19-8)4-18-5-10(13,14)9(11)12/h6,9H,2-5,15H2,1H3. The molecule has 0 aliphatic heterocycles. The van der Waals surface area contributed by atoms with E-state index in [1.165, 1.54) is 0 Å². The lowest BCUT2D eigenvalue weighted by Crippen LogP contribution is -2.32. The fourth-order valence-corrected chi connectivity index (χ4v) is 1.28. The number of rotatable bonds is 8. The molecule has 1 aromatic heterocycles.